The van der Waals surface area contributed by atoms with E-state index in [0.29, 0.717) is 17.8 Å². The molecule has 0 unspecified atom stereocenters. The van der Waals surface area contributed by atoms with Gasteiger partial charge in [0, 0.05) is 12.1 Å². The third-order valence-corrected chi connectivity index (χ3v) is 7.03. The van der Waals surface area contributed by atoms with Crippen LogP contribution in [0.4, 0.5) is 5.13 Å². The van der Waals surface area contributed by atoms with E-state index in [1.807, 2.05) is 0 Å². The summed E-state index contributed by atoms with van der Waals surface area (Å²) in [5, 5.41) is 16.0. The lowest BCUT2D eigenvalue weighted by Gasteiger charge is -2.26. The van der Waals surface area contributed by atoms with Crippen LogP contribution in [0.15, 0.2) is 4.34 Å². The quantitative estimate of drug-likeness (QED) is 0.741. The number of aromatic nitrogens is 2. The van der Waals surface area contributed by atoms with Crippen molar-refractivity contribution < 1.29 is 4.79 Å². The number of carbonyl (C=O) groups excluding carboxylic acids is 1. The topological polar surface area (TPSA) is 66.9 Å². The average Bonchev–Trinajstić information content (AvgIpc) is 3.03. The Labute approximate surface area is 152 Å². The number of hydrogen-bond acceptors (Lipinski definition) is 6. The van der Waals surface area contributed by atoms with Gasteiger partial charge in [-0.3, -0.25) is 4.79 Å². The van der Waals surface area contributed by atoms with E-state index in [9.17, 15) is 4.79 Å². The standard InChI is InChI=1S/C17H28N4OS2/c1-12-7-9-14(10-8-12)18-15(22)11-23-17-21-20-16(24-17)19-13-5-3-2-4-6-13/h12-14H,2-11H2,1H3,(H,18,22)(H,19,20). The molecule has 7 heteroatoms. The third kappa shape index (κ3) is 5.62. The molecule has 2 N–H and O–H groups in total. The average molecular weight is 369 g/mol. The smallest absolute Gasteiger partial charge is 0.230 e. The van der Waals surface area contributed by atoms with Gasteiger partial charge in [0.25, 0.3) is 0 Å². The molecule has 5 nitrogen and oxygen atoms in total. The summed E-state index contributed by atoms with van der Waals surface area (Å²) < 4.78 is 0.876. The maximum Gasteiger partial charge on any atom is 0.230 e. The summed E-state index contributed by atoms with van der Waals surface area (Å²) in [5.41, 5.74) is 0. The second-order valence-electron chi connectivity index (χ2n) is 7.17. The van der Waals surface area contributed by atoms with Gasteiger partial charge in [-0.2, -0.15) is 0 Å². The van der Waals surface area contributed by atoms with Crippen LogP contribution in [0.5, 0.6) is 0 Å². The Balaban J connectivity index is 1.37. The highest BCUT2D eigenvalue weighted by molar-refractivity contribution is 8.01. The maximum atomic E-state index is 12.1. The van der Waals surface area contributed by atoms with Crippen LogP contribution >= 0.6 is 23.1 Å². The molecule has 0 aliphatic heterocycles. The van der Waals surface area contributed by atoms with Crippen LogP contribution in [-0.4, -0.2) is 33.9 Å². The fraction of sp³-hybridized carbons (Fsp3) is 0.824. The van der Waals surface area contributed by atoms with E-state index in [1.165, 1.54) is 56.7 Å². The molecule has 2 fully saturated rings. The number of nitrogens with zero attached hydrogens (tertiary/aromatic N) is 2. The maximum absolute atomic E-state index is 12.1. The third-order valence-electron chi connectivity index (χ3n) is 5.05. The van der Waals surface area contributed by atoms with E-state index < -0.39 is 0 Å². The minimum Gasteiger partial charge on any atom is -0.357 e. The summed E-state index contributed by atoms with van der Waals surface area (Å²) >= 11 is 3.06. The first-order valence-electron chi connectivity index (χ1n) is 9.21. The Hall–Kier alpha value is -0.820. The zero-order chi connectivity index (χ0) is 16.8. The largest absolute Gasteiger partial charge is 0.357 e. The molecule has 1 aromatic rings. The van der Waals surface area contributed by atoms with E-state index in [-0.39, 0.29) is 5.91 Å². The fourth-order valence-corrected chi connectivity index (χ4v) is 5.19. The van der Waals surface area contributed by atoms with Gasteiger partial charge in [0.15, 0.2) is 4.34 Å². The van der Waals surface area contributed by atoms with Gasteiger partial charge >= 0.3 is 0 Å². The first kappa shape index (κ1) is 18.0. The number of amides is 1. The fourth-order valence-electron chi connectivity index (χ4n) is 3.55. The molecule has 134 valence electrons. The van der Waals surface area contributed by atoms with Crippen molar-refractivity contribution in [3.8, 4) is 0 Å². The molecule has 0 radical (unpaired) electrons. The van der Waals surface area contributed by atoms with Crippen molar-refractivity contribution in [1.29, 1.82) is 0 Å². The number of hydrogen-bond donors (Lipinski definition) is 2. The van der Waals surface area contributed by atoms with Crippen LogP contribution in [-0.2, 0) is 4.79 Å². The molecule has 2 aliphatic carbocycles. The Morgan fingerprint density at radius 2 is 1.83 bits per heavy atom. The van der Waals surface area contributed by atoms with Gasteiger partial charge in [-0.25, -0.2) is 0 Å². The minimum atomic E-state index is 0.122. The first-order chi connectivity index (χ1) is 11.7. The van der Waals surface area contributed by atoms with Crippen molar-refractivity contribution in [2.24, 2.45) is 5.92 Å². The van der Waals surface area contributed by atoms with Crippen molar-refractivity contribution in [2.45, 2.75) is 81.1 Å². The van der Waals surface area contributed by atoms with Crippen LogP contribution in [0.25, 0.3) is 0 Å². The number of anilines is 1. The Morgan fingerprint density at radius 1 is 1.08 bits per heavy atom. The lowest BCUT2D eigenvalue weighted by atomic mass is 9.87. The molecule has 0 atom stereocenters. The SMILES string of the molecule is CC1CCC(NC(=O)CSc2nnc(NC3CCCCC3)s2)CC1. The van der Waals surface area contributed by atoms with Gasteiger partial charge in [0.1, 0.15) is 0 Å². The summed E-state index contributed by atoms with van der Waals surface area (Å²) in [6.45, 7) is 2.29. The molecule has 1 aromatic heterocycles. The van der Waals surface area contributed by atoms with Crippen molar-refractivity contribution in [2.75, 3.05) is 11.1 Å². The molecule has 0 spiro atoms. The van der Waals surface area contributed by atoms with Gasteiger partial charge in [-0.1, -0.05) is 49.3 Å². The number of nitrogens with one attached hydrogen (secondary N) is 2. The summed E-state index contributed by atoms with van der Waals surface area (Å²) in [4.78, 5) is 12.1. The van der Waals surface area contributed by atoms with Gasteiger partial charge < -0.3 is 10.6 Å². The highest BCUT2D eigenvalue weighted by Gasteiger charge is 2.20. The summed E-state index contributed by atoms with van der Waals surface area (Å²) in [6, 6.07) is 0.911. The predicted molar refractivity (Wildman–Crippen MR) is 101 cm³/mol. The van der Waals surface area contributed by atoms with Crippen molar-refractivity contribution in [3.63, 3.8) is 0 Å². The Morgan fingerprint density at radius 3 is 2.58 bits per heavy atom. The van der Waals surface area contributed by atoms with Gasteiger partial charge in [-0.15, -0.1) is 10.2 Å². The van der Waals surface area contributed by atoms with E-state index in [4.69, 9.17) is 0 Å². The number of thioether (sulfide) groups is 1. The number of carbonyl (C=O) groups is 1. The van der Waals surface area contributed by atoms with Crippen molar-refractivity contribution in [3.05, 3.63) is 0 Å². The second kappa shape index (κ2) is 9.04. The van der Waals surface area contributed by atoms with E-state index in [0.717, 1.165) is 28.2 Å². The van der Waals surface area contributed by atoms with Gasteiger partial charge in [0.05, 0.1) is 5.75 Å². The highest BCUT2D eigenvalue weighted by Crippen LogP contribution is 2.28. The zero-order valence-electron chi connectivity index (χ0n) is 14.4. The first-order valence-corrected chi connectivity index (χ1v) is 11.0. The van der Waals surface area contributed by atoms with Crippen LogP contribution in [0.2, 0.25) is 0 Å². The predicted octanol–water partition coefficient (Wildman–Crippen LogP) is 4.07. The van der Waals surface area contributed by atoms with Gasteiger partial charge in [-0.05, 0) is 44.4 Å². The molecule has 0 aromatic carbocycles. The Bertz CT molecular complexity index is 522. The molecule has 3 rings (SSSR count). The molecule has 0 saturated heterocycles. The highest BCUT2D eigenvalue weighted by atomic mass is 32.2. The van der Waals surface area contributed by atoms with Crippen molar-refractivity contribution >= 4 is 34.1 Å². The van der Waals surface area contributed by atoms with Gasteiger partial charge in [0.2, 0.25) is 11.0 Å². The molecule has 2 saturated carbocycles. The summed E-state index contributed by atoms with van der Waals surface area (Å²) in [5.74, 6) is 1.37. The van der Waals surface area contributed by atoms with Crippen molar-refractivity contribution in [1.82, 2.24) is 15.5 Å². The van der Waals surface area contributed by atoms with Crippen LogP contribution < -0.4 is 10.6 Å². The van der Waals surface area contributed by atoms with E-state index >= 15 is 0 Å². The lowest BCUT2D eigenvalue weighted by molar-refractivity contribution is -0.119. The number of rotatable bonds is 6. The molecule has 24 heavy (non-hydrogen) atoms. The second-order valence-corrected chi connectivity index (χ2v) is 9.37. The molecule has 1 heterocycles. The van der Waals surface area contributed by atoms with E-state index in [2.05, 4.69) is 27.8 Å². The lowest BCUT2D eigenvalue weighted by Crippen LogP contribution is -2.38. The van der Waals surface area contributed by atoms with Crippen LogP contribution in [0.3, 0.4) is 0 Å². The van der Waals surface area contributed by atoms with Crippen LogP contribution in [0.1, 0.15) is 64.7 Å². The summed E-state index contributed by atoms with van der Waals surface area (Å²) in [6.07, 6.45) is 11.1. The van der Waals surface area contributed by atoms with E-state index in [1.54, 1.807) is 11.3 Å². The minimum absolute atomic E-state index is 0.122. The monoisotopic (exact) mass is 368 g/mol. The van der Waals surface area contributed by atoms with Crippen LogP contribution in [0, 0.1) is 5.92 Å². The molecule has 2 aliphatic rings. The molecule has 0 bridgehead atoms. The molecular formula is C17H28N4OS2. The summed E-state index contributed by atoms with van der Waals surface area (Å²) in [7, 11) is 0. The molecule has 1 amide bonds. The Kier molecular flexibility index (Phi) is 6.77. The zero-order valence-corrected chi connectivity index (χ0v) is 16.1. The normalized spacial score (nSPS) is 25.4. The molecular weight excluding hydrogens is 340 g/mol.